The third-order valence-corrected chi connectivity index (χ3v) is 4.98. The van der Waals surface area contributed by atoms with E-state index in [9.17, 15) is 0 Å². The van der Waals surface area contributed by atoms with Crippen LogP contribution in [0.1, 0.15) is 18.4 Å². The van der Waals surface area contributed by atoms with Gasteiger partial charge in [-0.2, -0.15) is 0 Å². The monoisotopic (exact) mass is 327 g/mol. The number of aromatic nitrogens is 5. The fourth-order valence-corrected chi connectivity index (χ4v) is 3.69. The predicted octanol–water partition coefficient (Wildman–Crippen LogP) is 2.69. The van der Waals surface area contributed by atoms with Crippen molar-refractivity contribution in [3.8, 4) is 0 Å². The first-order valence-corrected chi connectivity index (χ1v) is 8.72. The molecule has 1 unspecified atom stereocenters. The van der Waals surface area contributed by atoms with E-state index < -0.39 is 0 Å². The Morgan fingerprint density at radius 1 is 1.26 bits per heavy atom. The maximum atomic E-state index is 5.67. The van der Waals surface area contributed by atoms with Crippen LogP contribution >= 0.6 is 11.8 Å². The van der Waals surface area contributed by atoms with Crippen LogP contribution in [0.15, 0.2) is 41.7 Å². The summed E-state index contributed by atoms with van der Waals surface area (Å²) in [5.41, 5.74) is 2.24. The van der Waals surface area contributed by atoms with Gasteiger partial charge in [0.1, 0.15) is 0 Å². The molecule has 0 amide bonds. The number of fused-ring (bicyclic) bond motifs is 1. The van der Waals surface area contributed by atoms with Crippen LogP contribution in [0.2, 0.25) is 0 Å². The molecule has 0 saturated carbocycles. The number of benzene rings is 1. The summed E-state index contributed by atoms with van der Waals surface area (Å²) in [5, 5.41) is 14.0. The third kappa shape index (κ3) is 3.20. The summed E-state index contributed by atoms with van der Waals surface area (Å²) in [5.74, 6) is 0.792. The largest absolute Gasteiger partial charge is 0.376 e. The zero-order chi connectivity index (χ0) is 15.5. The number of nitrogens with zero attached hydrogens (tertiary/aromatic N) is 5. The lowest BCUT2D eigenvalue weighted by atomic mass is 10.1. The SMILES string of the molecule is c1cnc2c(CSc3nnnn3CC3CCCO3)cccc2c1. The molecule has 1 fully saturated rings. The second-order valence-corrected chi connectivity index (χ2v) is 6.50. The average molecular weight is 327 g/mol. The van der Waals surface area contributed by atoms with Gasteiger partial charge in [-0.05, 0) is 34.9 Å². The van der Waals surface area contributed by atoms with Crippen molar-refractivity contribution in [2.45, 2.75) is 36.4 Å². The second kappa shape index (κ2) is 6.64. The lowest BCUT2D eigenvalue weighted by molar-refractivity contribution is 0.0912. The number of pyridine rings is 1. The van der Waals surface area contributed by atoms with Crippen molar-refractivity contribution in [3.05, 3.63) is 42.1 Å². The fraction of sp³-hybridized carbons (Fsp3) is 0.375. The Hall–Kier alpha value is -1.99. The van der Waals surface area contributed by atoms with Gasteiger partial charge in [-0.25, -0.2) is 4.68 Å². The summed E-state index contributed by atoms with van der Waals surface area (Å²) in [6.45, 7) is 1.57. The zero-order valence-corrected chi connectivity index (χ0v) is 13.4. The molecule has 2 aromatic heterocycles. The molecule has 0 radical (unpaired) electrons. The van der Waals surface area contributed by atoms with Crippen LogP contribution in [0.25, 0.3) is 10.9 Å². The highest BCUT2D eigenvalue weighted by atomic mass is 32.2. The third-order valence-electron chi connectivity index (χ3n) is 3.97. The van der Waals surface area contributed by atoms with Crippen molar-refractivity contribution in [3.63, 3.8) is 0 Å². The molecule has 7 heteroatoms. The van der Waals surface area contributed by atoms with E-state index in [1.807, 2.05) is 16.9 Å². The minimum Gasteiger partial charge on any atom is -0.376 e. The van der Waals surface area contributed by atoms with Gasteiger partial charge in [0.15, 0.2) is 0 Å². The Kier molecular flexibility index (Phi) is 4.21. The van der Waals surface area contributed by atoms with Gasteiger partial charge in [0, 0.05) is 23.9 Å². The Labute approximate surface area is 138 Å². The quantitative estimate of drug-likeness (QED) is 0.671. The van der Waals surface area contributed by atoms with Gasteiger partial charge in [0.05, 0.1) is 18.2 Å². The lowest BCUT2D eigenvalue weighted by Crippen LogP contribution is -2.16. The highest BCUT2D eigenvalue weighted by Crippen LogP contribution is 2.25. The molecular formula is C16H17N5OS. The fourth-order valence-electron chi connectivity index (χ4n) is 2.82. The van der Waals surface area contributed by atoms with Crippen molar-refractivity contribution in [2.24, 2.45) is 0 Å². The summed E-state index contributed by atoms with van der Waals surface area (Å²) in [7, 11) is 0. The van der Waals surface area contributed by atoms with Crippen LogP contribution in [-0.4, -0.2) is 37.9 Å². The molecule has 0 N–H and O–H groups in total. The standard InChI is InChI=1S/C16H17N5OS/c1-4-12-6-2-8-17-15(12)13(5-1)11-23-16-18-19-20-21(16)10-14-7-3-9-22-14/h1-2,4-6,8,14H,3,7,9-11H2. The van der Waals surface area contributed by atoms with Gasteiger partial charge in [-0.15, -0.1) is 5.10 Å². The Bertz CT molecular complexity index is 795. The number of hydrogen-bond donors (Lipinski definition) is 0. The van der Waals surface area contributed by atoms with Crippen molar-refractivity contribution >= 4 is 22.7 Å². The number of ether oxygens (including phenoxy) is 1. The molecule has 1 atom stereocenters. The van der Waals surface area contributed by atoms with Gasteiger partial charge in [-0.1, -0.05) is 36.0 Å². The van der Waals surface area contributed by atoms with E-state index in [1.165, 1.54) is 5.56 Å². The van der Waals surface area contributed by atoms with E-state index in [4.69, 9.17) is 4.74 Å². The zero-order valence-electron chi connectivity index (χ0n) is 12.6. The van der Waals surface area contributed by atoms with E-state index >= 15 is 0 Å². The summed E-state index contributed by atoms with van der Waals surface area (Å²) in [6, 6.07) is 10.3. The first-order valence-electron chi connectivity index (χ1n) is 7.73. The molecule has 4 rings (SSSR count). The van der Waals surface area contributed by atoms with Gasteiger partial charge in [0.25, 0.3) is 0 Å². The number of tetrazole rings is 1. The first kappa shape index (κ1) is 14.6. The summed E-state index contributed by atoms with van der Waals surface area (Å²) < 4.78 is 7.51. The lowest BCUT2D eigenvalue weighted by Gasteiger charge is -2.10. The van der Waals surface area contributed by atoms with Crippen molar-refractivity contribution in [2.75, 3.05) is 6.61 Å². The molecule has 1 saturated heterocycles. The van der Waals surface area contributed by atoms with E-state index in [2.05, 4.69) is 44.8 Å². The molecular weight excluding hydrogens is 310 g/mol. The highest BCUT2D eigenvalue weighted by Gasteiger charge is 2.19. The van der Waals surface area contributed by atoms with Crippen LogP contribution in [-0.2, 0) is 17.0 Å². The van der Waals surface area contributed by atoms with Crippen molar-refractivity contribution in [1.29, 1.82) is 0 Å². The van der Waals surface area contributed by atoms with E-state index in [0.717, 1.165) is 47.8 Å². The summed E-state index contributed by atoms with van der Waals surface area (Å²) >= 11 is 1.64. The van der Waals surface area contributed by atoms with Crippen LogP contribution in [0, 0.1) is 0 Å². The van der Waals surface area contributed by atoms with Gasteiger partial charge < -0.3 is 4.74 Å². The van der Waals surface area contributed by atoms with Crippen LogP contribution in [0.5, 0.6) is 0 Å². The molecule has 23 heavy (non-hydrogen) atoms. The highest BCUT2D eigenvalue weighted by molar-refractivity contribution is 7.98. The minimum atomic E-state index is 0.233. The Balaban J connectivity index is 1.49. The maximum absolute atomic E-state index is 5.67. The molecule has 3 heterocycles. The van der Waals surface area contributed by atoms with Crippen LogP contribution < -0.4 is 0 Å². The molecule has 1 aliphatic heterocycles. The van der Waals surface area contributed by atoms with E-state index in [0.29, 0.717) is 0 Å². The number of hydrogen-bond acceptors (Lipinski definition) is 6. The summed E-state index contributed by atoms with van der Waals surface area (Å²) in [4.78, 5) is 4.49. The first-order chi connectivity index (χ1) is 11.4. The number of thioether (sulfide) groups is 1. The van der Waals surface area contributed by atoms with Gasteiger partial charge in [0.2, 0.25) is 5.16 Å². The van der Waals surface area contributed by atoms with Gasteiger partial charge in [-0.3, -0.25) is 4.98 Å². The van der Waals surface area contributed by atoms with Crippen molar-refractivity contribution in [1.82, 2.24) is 25.2 Å². The molecule has 0 bridgehead atoms. The normalized spacial score (nSPS) is 17.8. The number of rotatable bonds is 5. The smallest absolute Gasteiger partial charge is 0.209 e. The van der Waals surface area contributed by atoms with Gasteiger partial charge >= 0.3 is 0 Å². The van der Waals surface area contributed by atoms with Crippen LogP contribution in [0.3, 0.4) is 0 Å². The predicted molar refractivity (Wildman–Crippen MR) is 88.1 cm³/mol. The molecule has 118 valence electrons. The summed E-state index contributed by atoms with van der Waals surface area (Å²) in [6.07, 6.45) is 4.27. The average Bonchev–Trinajstić information content (AvgIpc) is 3.25. The molecule has 0 aliphatic carbocycles. The minimum absolute atomic E-state index is 0.233. The topological polar surface area (TPSA) is 65.7 Å². The Morgan fingerprint density at radius 3 is 3.13 bits per heavy atom. The van der Waals surface area contributed by atoms with E-state index in [1.54, 1.807) is 11.8 Å². The molecule has 0 spiro atoms. The molecule has 1 aromatic carbocycles. The molecule has 1 aliphatic rings. The molecule has 6 nitrogen and oxygen atoms in total. The number of para-hydroxylation sites is 1. The van der Waals surface area contributed by atoms with Crippen LogP contribution in [0.4, 0.5) is 0 Å². The van der Waals surface area contributed by atoms with Crippen molar-refractivity contribution < 1.29 is 4.74 Å². The second-order valence-electron chi connectivity index (χ2n) is 5.56. The molecule has 3 aromatic rings. The van der Waals surface area contributed by atoms with E-state index in [-0.39, 0.29) is 6.10 Å². The maximum Gasteiger partial charge on any atom is 0.209 e. The Morgan fingerprint density at radius 2 is 2.22 bits per heavy atom.